The van der Waals surface area contributed by atoms with Gasteiger partial charge in [-0.1, -0.05) is 0 Å². The van der Waals surface area contributed by atoms with E-state index in [1.54, 1.807) is 24.3 Å². The molecule has 0 bridgehead atoms. The molecule has 0 saturated heterocycles. The average Bonchev–Trinajstić information content (AvgIpc) is 2.75. The fraction of sp³-hybridized carbons (Fsp3) is 0.444. The van der Waals surface area contributed by atoms with Crippen molar-refractivity contribution in [3.05, 3.63) is 12.5 Å². The van der Waals surface area contributed by atoms with Crippen LogP contribution < -0.4 is 5.73 Å². The summed E-state index contributed by atoms with van der Waals surface area (Å²) in [5, 5.41) is 12.0. The molecule has 2 aromatic rings. The van der Waals surface area contributed by atoms with E-state index in [1.165, 1.54) is 0 Å². The molecule has 2 N–H and O–H groups in total. The number of nitrogens with zero attached hydrogens (tertiary/aromatic N) is 5. The third-order valence-corrected chi connectivity index (χ3v) is 2.35. The highest BCUT2D eigenvalue weighted by atomic mass is 15.3. The molecule has 2 aromatic heterocycles. The van der Waals surface area contributed by atoms with Crippen molar-refractivity contribution in [2.45, 2.75) is 19.9 Å². The summed E-state index contributed by atoms with van der Waals surface area (Å²) < 4.78 is 3.59. The summed E-state index contributed by atoms with van der Waals surface area (Å²) in [7, 11) is 1.80. The Kier molecular flexibility index (Phi) is 2.18. The molecule has 0 aliphatic rings. The third kappa shape index (κ3) is 1.47. The Morgan fingerprint density at radius 2 is 2.13 bits per heavy atom. The molecule has 6 nitrogen and oxygen atoms in total. The first kappa shape index (κ1) is 9.70. The number of anilines is 1. The van der Waals surface area contributed by atoms with Gasteiger partial charge >= 0.3 is 0 Å². The molecule has 0 spiro atoms. The first-order valence-electron chi connectivity index (χ1n) is 4.78. The lowest BCUT2D eigenvalue weighted by atomic mass is 10.3. The van der Waals surface area contributed by atoms with Crippen LogP contribution in [0.25, 0.3) is 11.4 Å². The number of nitrogen functional groups attached to an aromatic ring is 1. The van der Waals surface area contributed by atoms with Crippen LogP contribution in [0.4, 0.5) is 5.82 Å². The largest absolute Gasteiger partial charge is 0.383 e. The van der Waals surface area contributed by atoms with E-state index in [2.05, 4.69) is 29.1 Å². The molecular formula is C9H14N6. The Morgan fingerprint density at radius 3 is 2.67 bits per heavy atom. The number of nitrogens with two attached hydrogens (primary N) is 1. The summed E-state index contributed by atoms with van der Waals surface area (Å²) in [5.74, 6) is 1.36. The topological polar surface area (TPSA) is 74.5 Å². The van der Waals surface area contributed by atoms with Crippen LogP contribution in [0, 0.1) is 0 Å². The lowest BCUT2D eigenvalue weighted by molar-refractivity contribution is 0.604. The molecule has 0 atom stereocenters. The molecular weight excluding hydrogens is 192 g/mol. The van der Waals surface area contributed by atoms with Crippen LogP contribution in [0.2, 0.25) is 0 Å². The quantitative estimate of drug-likeness (QED) is 0.790. The molecule has 0 aromatic carbocycles. The van der Waals surface area contributed by atoms with Crippen LogP contribution in [0.1, 0.15) is 19.9 Å². The maximum absolute atomic E-state index is 5.88. The van der Waals surface area contributed by atoms with E-state index in [0.717, 1.165) is 11.4 Å². The molecule has 2 rings (SSSR count). The molecule has 0 unspecified atom stereocenters. The lowest BCUT2D eigenvalue weighted by Gasteiger charge is -2.08. The number of hydrogen-bond acceptors (Lipinski definition) is 4. The molecule has 80 valence electrons. The maximum atomic E-state index is 5.88. The zero-order valence-corrected chi connectivity index (χ0v) is 9.05. The van der Waals surface area contributed by atoms with Gasteiger partial charge in [0.05, 0.1) is 11.8 Å². The zero-order chi connectivity index (χ0) is 11.0. The van der Waals surface area contributed by atoms with Crippen molar-refractivity contribution in [3.8, 4) is 11.4 Å². The Hall–Kier alpha value is -1.85. The van der Waals surface area contributed by atoms with Crippen molar-refractivity contribution in [2.75, 3.05) is 5.73 Å². The van der Waals surface area contributed by atoms with Gasteiger partial charge in [0.2, 0.25) is 0 Å². The minimum atomic E-state index is 0.301. The van der Waals surface area contributed by atoms with E-state index in [9.17, 15) is 0 Å². The summed E-state index contributed by atoms with van der Waals surface area (Å²) in [6.45, 7) is 4.14. The van der Waals surface area contributed by atoms with Crippen LogP contribution in [0.5, 0.6) is 0 Å². The van der Waals surface area contributed by atoms with Crippen LogP contribution in [0.15, 0.2) is 12.5 Å². The highest BCUT2D eigenvalue weighted by Gasteiger charge is 2.15. The number of hydrogen-bond donors (Lipinski definition) is 1. The lowest BCUT2D eigenvalue weighted by Crippen LogP contribution is -2.04. The minimum absolute atomic E-state index is 0.301. The summed E-state index contributed by atoms with van der Waals surface area (Å²) in [5.41, 5.74) is 6.71. The van der Waals surface area contributed by atoms with Crippen LogP contribution >= 0.6 is 0 Å². The van der Waals surface area contributed by atoms with Gasteiger partial charge in [-0.2, -0.15) is 5.10 Å². The second kappa shape index (κ2) is 3.38. The number of aryl methyl sites for hydroxylation is 1. The van der Waals surface area contributed by atoms with Gasteiger partial charge in [-0.15, -0.1) is 10.2 Å². The standard InChI is InChI=1S/C9H14N6/c1-6(2)15-5-11-13-9(15)7-4-12-14(3)8(7)10/h4-6H,10H2,1-3H3. The van der Waals surface area contributed by atoms with Gasteiger partial charge in [0, 0.05) is 13.1 Å². The third-order valence-electron chi connectivity index (χ3n) is 2.35. The molecule has 0 amide bonds. The van der Waals surface area contributed by atoms with Gasteiger partial charge in [-0.05, 0) is 13.8 Å². The van der Waals surface area contributed by atoms with E-state index in [-0.39, 0.29) is 0 Å². The fourth-order valence-corrected chi connectivity index (χ4v) is 1.43. The molecule has 0 aliphatic heterocycles. The summed E-state index contributed by atoms with van der Waals surface area (Å²) in [6, 6.07) is 0.301. The van der Waals surface area contributed by atoms with Crippen LogP contribution in [-0.2, 0) is 7.05 Å². The van der Waals surface area contributed by atoms with Crippen molar-refractivity contribution in [3.63, 3.8) is 0 Å². The molecule has 0 fully saturated rings. The molecule has 6 heteroatoms. The number of rotatable bonds is 2. The fourth-order valence-electron chi connectivity index (χ4n) is 1.43. The molecule has 0 saturated carbocycles. The normalized spacial score (nSPS) is 11.2. The molecule has 0 aliphatic carbocycles. The van der Waals surface area contributed by atoms with E-state index in [0.29, 0.717) is 11.9 Å². The van der Waals surface area contributed by atoms with Crippen molar-refractivity contribution in [2.24, 2.45) is 7.05 Å². The van der Waals surface area contributed by atoms with Crippen LogP contribution in [-0.4, -0.2) is 24.5 Å². The monoisotopic (exact) mass is 206 g/mol. The smallest absolute Gasteiger partial charge is 0.169 e. The summed E-state index contributed by atoms with van der Waals surface area (Å²) in [6.07, 6.45) is 3.41. The van der Waals surface area contributed by atoms with Crippen molar-refractivity contribution in [1.29, 1.82) is 0 Å². The highest BCUT2D eigenvalue weighted by Crippen LogP contribution is 2.24. The van der Waals surface area contributed by atoms with Gasteiger partial charge in [0.25, 0.3) is 0 Å². The molecule has 15 heavy (non-hydrogen) atoms. The van der Waals surface area contributed by atoms with Crippen molar-refractivity contribution in [1.82, 2.24) is 24.5 Å². The average molecular weight is 206 g/mol. The van der Waals surface area contributed by atoms with Gasteiger partial charge in [0.1, 0.15) is 12.1 Å². The summed E-state index contributed by atoms with van der Waals surface area (Å²) in [4.78, 5) is 0. The molecule has 0 radical (unpaired) electrons. The predicted octanol–water partition coefficient (Wildman–Crippen LogP) is 0.842. The summed E-state index contributed by atoms with van der Waals surface area (Å²) >= 11 is 0. The van der Waals surface area contributed by atoms with Gasteiger partial charge in [-0.3, -0.25) is 4.68 Å². The Labute approximate surface area is 87.7 Å². The van der Waals surface area contributed by atoms with Crippen molar-refractivity contribution >= 4 is 5.82 Å². The predicted molar refractivity (Wildman–Crippen MR) is 57.0 cm³/mol. The van der Waals surface area contributed by atoms with Gasteiger partial charge < -0.3 is 10.3 Å². The van der Waals surface area contributed by atoms with Gasteiger partial charge in [-0.25, -0.2) is 0 Å². The van der Waals surface area contributed by atoms with E-state index < -0.39 is 0 Å². The van der Waals surface area contributed by atoms with Crippen molar-refractivity contribution < 1.29 is 0 Å². The zero-order valence-electron chi connectivity index (χ0n) is 9.05. The Bertz CT molecular complexity index is 467. The highest BCUT2D eigenvalue weighted by molar-refractivity contribution is 5.67. The first-order chi connectivity index (χ1) is 7.11. The second-order valence-corrected chi connectivity index (χ2v) is 3.72. The van der Waals surface area contributed by atoms with Crippen LogP contribution in [0.3, 0.4) is 0 Å². The number of aromatic nitrogens is 5. The first-order valence-corrected chi connectivity index (χ1v) is 4.78. The molecule has 2 heterocycles. The maximum Gasteiger partial charge on any atom is 0.169 e. The van der Waals surface area contributed by atoms with E-state index in [4.69, 9.17) is 5.73 Å². The van der Waals surface area contributed by atoms with Gasteiger partial charge in [0.15, 0.2) is 5.82 Å². The second-order valence-electron chi connectivity index (χ2n) is 3.72. The van der Waals surface area contributed by atoms with E-state index in [1.807, 2.05) is 4.57 Å². The SMILES string of the molecule is CC(C)n1cnnc1-c1cnn(C)c1N. The minimum Gasteiger partial charge on any atom is -0.383 e. The van der Waals surface area contributed by atoms with E-state index >= 15 is 0 Å². The Balaban J connectivity index is 2.54. The Morgan fingerprint density at radius 1 is 1.40 bits per heavy atom.